The van der Waals surface area contributed by atoms with Crippen LogP contribution in [0.15, 0.2) is 24.8 Å². The Hall–Kier alpha value is -0.600. The van der Waals surface area contributed by atoms with Crippen LogP contribution in [0.3, 0.4) is 0 Å². The van der Waals surface area contributed by atoms with Crippen molar-refractivity contribution in [2.24, 2.45) is 5.73 Å². The molecule has 0 heterocycles. The van der Waals surface area contributed by atoms with Crippen LogP contribution in [-0.4, -0.2) is 17.8 Å². The summed E-state index contributed by atoms with van der Waals surface area (Å²) in [6, 6.07) is -0.102. The molecule has 0 amide bonds. The maximum absolute atomic E-state index is 8.56. The molecule has 0 spiro atoms. The summed E-state index contributed by atoms with van der Waals surface area (Å²) in [5, 5.41) is 8.56. The number of nitrogens with two attached hydrogens (primary N) is 1. The monoisotopic (exact) mass is 155 g/mol. The fourth-order valence-electron chi connectivity index (χ4n) is 0.677. The van der Waals surface area contributed by atoms with E-state index in [0.717, 1.165) is 19.3 Å². The van der Waals surface area contributed by atoms with Gasteiger partial charge in [0.1, 0.15) is 0 Å². The van der Waals surface area contributed by atoms with Gasteiger partial charge in [0.15, 0.2) is 0 Å². The van der Waals surface area contributed by atoms with Gasteiger partial charge >= 0.3 is 0 Å². The van der Waals surface area contributed by atoms with Crippen molar-refractivity contribution in [1.29, 1.82) is 0 Å². The van der Waals surface area contributed by atoms with Gasteiger partial charge in [0, 0.05) is 6.04 Å². The van der Waals surface area contributed by atoms with Crippen molar-refractivity contribution >= 4 is 0 Å². The Balaban J connectivity index is 3.21. The van der Waals surface area contributed by atoms with Gasteiger partial charge in [-0.15, -0.1) is 6.58 Å². The van der Waals surface area contributed by atoms with E-state index in [-0.39, 0.29) is 12.6 Å². The number of aliphatic hydroxyl groups excluding tert-OH is 1. The third kappa shape index (κ3) is 7.30. The molecule has 0 fully saturated rings. The molecule has 0 aliphatic carbocycles. The van der Waals surface area contributed by atoms with Crippen LogP contribution in [0.4, 0.5) is 0 Å². The summed E-state index contributed by atoms with van der Waals surface area (Å²) >= 11 is 0. The van der Waals surface area contributed by atoms with Gasteiger partial charge < -0.3 is 10.8 Å². The molecular formula is C9H17NO. The first kappa shape index (κ1) is 10.4. The Kier molecular flexibility index (Phi) is 7.10. The zero-order chi connectivity index (χ0) is 8.53. The number of unbranched alkanes of at least 4 members (excludes halogenated alkanes) is 1. The first-order valence-electron chi connectivity index (χ1n) is 3.93. The minimum Gasteiger partial charge on any atom is -0.395 e. The van der Waals surface area contributed by atoms with Gasteiger partial charge in [-0.25, -0.2) is 0 Å². The average molecular weight is 155 g/mol. The van der Waals surface area contributed by atoms with Crippen LogP contribution in [0.1, 0.15) is 19.3 Å². The Morgan fingerprint density at radius 2 is 2.09 bits per heavy atom. The van der Waals surface area contributed by atoms with E-state index >= 15 is 0 Å². The molecule has 0 aliphatic heterocycles. The second-order valence-electron chi connectivity index (χ2n) is 2.52. The molecular weight excluding hydrogens is 138 g/mol. The van der Waals surface area contributed by atoms with Crippen molar-refractivity contribution in [3.05, 3.63) is 24.8 Å². The highest BCUT2D eigenvalue weighted by atomic mass is 16.3. The predicted molar refractivity (Wildman–Crippen MR) is 48.2 cm³/mol. The van der Waals surface area contributed by atoms with Crippen molar-refractivity contribution in [3.63, 3.8) is 0 Å². The molecule has 0 aromatic carbocycles. The van der Waals surface area contributed by atoms with Crippen LogP contribution in [-0.2, 0) is 0 Å². The summed E-state index contributed by atoms with van der Waals surface area (Å²) in [6.45, 7) is 3.67. The van der Waals surface area contributed by atoms with Gasteiger partial charge in [-0.1, -0.05) is 18.2 Å². The lowest BCUT2D eigenvalue weighted by Gasteiger charge is -2.01. The zero-order valence-electron chi connectivity index (χ0n) is 6.87. The quantitative estimate of drug-likeness (QED) is 0.447. The van der Waals surface area contributed by atoms with Gasteiger partial charge in [0.05, 0.1) is 6.61 Å². The first-order valence-corrected chi connectivity index (χ1v) is 3.93. The zero-order valence-corrected chi connectivity index (χ0v) is 6.87. The molecule has 0 rings (SSSR count). The van der Waals surface area contributed by atoms with E-state index in [2.05, 4.69) is 12.7 Å². The summed E-state index contributed by atoms with van der Waals surface area (Å²) in [7, 11) is 0. The van der Waals surface area contributed by atoms with Crippen molar-refractivity contribution < 1.29 is 5.11 Å². The summed E-state index contributed by atoms with van der Waals surface area (Å²) in [5.41, 5.74) is 5.47. The summed E-state index contributed by atoms with van der Waals surface area (Å²) < 4.78 is 0. The minimum atomic E-state index is -0.102. The maximum atomic E-state index is 8.56. The standard InChI is InChI=1S/C9H17NO/c1-2-3-4-5-6-7-9(10)8-11/h2,5-6,9,11H,1,3-4,7-8,10H2/b6-5+/t9-/m0/s1. The third-order valence-electron chi connectivity index (χ3n) is 1.38. The topological polar surface area (TPSA) is 46.2 Å². The molecule has 0 aliphatic rings. The van der Waals surface area contributed by atoms with Crippen LogP contribution >= 0.6 is 0 Å². The van der Waals surface area contributed by atoms with Gasteiger partial charge in [0.25, 0.3) is 0 Å². The van der Waals surface area contributed by atoms with Crippen molar-refractivity contribution in [2.75, 3.05) is 6.61 Å². The summed E-state index contributed by atoms with van der Waals surface area (Å²) in [4.78, 5) is 0. The van der Waals surface area contributed by atoms with E-state index in [1.165, 1.54) is 0 Å². The highest BCUT2D eigenvalue weighted by Gasteiger charge is 1.93. The second kappa shape index (κ2) is 7.51. The average Bonchev–Trinajstić information content (AvgIpc) is 2.04. The molecule has 0 saturated carbocycles. The predicted octanol–water partition coefficient (Wildman–Crippen LogP) is 1.22. The summed E-state index contributed by atoms with van der Waals surface area (Å²) in [5.74, 6) is 0. The maximum Gasteiger partial charge on any atom is 0.0585 e. The lowest BCUT2D eigenvalue weighted by Crippen LogP contribution is -2.22. The number of hydrogen-bond donors (Lipinski definition) is 2. The number of aliphatic hydroxyl groups is 1. The normalized spacial score (nSPS) is 13.6. The van der Waals surface area contributed by atoms with E-state index in [1.54, 1.807) is 0 Å². The first-order chi connectivity index (χ1) is 5.31. The largest absolute Gasteiger partial charge is 0.395 e. The summed E-state index contributed by atoms with van der Waals surface area (Å²) in [6.07, 6.45) is 8.73. The van der Waals surface area contributed by atoms with Crippen molar-refractivity contribution in [3.8, 4) is 0 Å². The van der Waals surface area contributed by atoms with E-state index < -0.39 is 0 Å². The Bertz CT molecular complexity index is 121. The van der Waals surface area contributed by atoms with Crippen LogP contribution in [0.2, 0.25) is 0 Å². The fraction of sp³-hybridized carbons (Fsp3) is 0.556. The molecule has 0 aromatic rings. The van der Waals surface area contributed by atoms with E-state index in [9.17, 15) is 0 Å². The molecule has 2 heteroatoms. The van der Waals surface area contributed by atoms with Crippen molar-refractivity contribution in [1.82, 2.24) is 0 Å². The number of hydrogen-bond acceptors (Lipinski definition) is 2. The lowest BCUT2D eigenvalue weighted by atomic mass is 10.2. The highest BCUT2D eigenvalue weighted by molar-refractivity contribution is 4.86. The molecule has 1 atom stereocenters. The van der Waals surface area contributed by atoms with Crippen LogP contribution in [0.25, 0.3) is 0 Å². The van der Waals surface area contributed by atoms with E-state index in [1.807, 2.05) is 12.2 Å². The molecule has 2 nitrogen and oxygen atoms in total. The highest BCUT2D eigenvalue weighted by Crippen LogP contribution is 1.94. The molecule has 0 radical (unpaired) electrons. The van der Waals surface area contributed by atoms with Gasteiger partial charge in [-0.05, 0) is 19.3 Å². The minimum absolute atomic E-state index is 0.0613. The fourth-order valence-corrected chi connectivity index (χ4v) is 0.677. The van der Waals surface area contributed by atoms with Crippen LogP contribution < -0.4 is 5.73 Å². The Morgan fingerprint density at radius 1 is 1.36 bits per heavy atom. The van der Waals surface area contributed by atoms with Crippen molar-refractivity contribution in [2.45, 2.75) is 25.3 Å². The Labute approximate surface area is 68.4 Å². The number of allylic oxidation sites excluding steroid dienone is 2. The number of rotatable bonds is 6. The molecule has 0 unspecified atom stereocenters. The smallest absolute Gasteiger partial charge is 0.0585 e. The van der Waals surface area contributed by atoms with E-state index in [4.69, 9.17) is 10.8 Å². The molecule has 0 aromatic heterocycles. The van der Waals surface area contributed by atoms with Gasteiger partial charge in [-0.3, -0.25) is 0 Å². The van der Waals surface area contributed by atoms with E-state index in [0.29, 0.717) is 0 Å². The molecule has 64 valence electrons. The Morgan fingerprint density at radius 3 is 2.64 bits per heavy atom. The molecule has 11 heavy (non-hydrogen) atoms. The van der Waals surface area contributed by atoms with Crippen LogP contribution in [0, 0.1) is 0 Å². The third-order valence-corrected chi connectivity index (χ3v) is 1.38. The molecule has 0 bridgehead atoms. The molecule has 0 saturated heterocycles. The van der Waals surface area contributed by atoms with Gasteiger partial charge in [-0.2, -0.15) is 0 Å². The SMILES string of the molecule is C=CCC/C=C/C[C@H](N)CO. The second-order valence-corrected chi connectivity index (χ2v) is 2.52. The van der Waals surface area contributed by atoms with Gasteiger partial charge in [0.2, 0.25) is 0 Å². The lowest BCUT2D eigenvalue weighted by molar-refractivity contribution is 0.266. The van der Waals surface area contributed by atoms with Crippen LogP contribution in [0.5, 0.6) is 0 Å². The molecule has 3 N–H and O–H groups in total.